The molecule has 40 heavy (non-hydrogen) atoms. The Labute approximate surface area is 232 Å². The van der Waals surface area contributed by atoms with Crippen LogP contribution in [0.4, 0.5) is 0 Å². The first-order valence-corrected chi connectivity index (χ1v) is 14.3. The molecule has 0 radical (unpaired) electrons. The Bertz CT molecular complexity index is 2530. The Morgan fingerprint density at radius 3 is 2.02 bits per heavy atom. The topological polar surface area (TPSA) is 23.0 Å². The van der Waals surface area contributed by atoms with E-state index >= 15 is 0 Å². The Morgan fingerprint density at radius 2 is 1.15 bits per heavy atom. The third-order valence-electron chi connectivity index (χ3n) is 8.48. The molecule has 186 valence electrons. The molecule has 4 heteroatoms. The summed E-state index contributed by atoms with van der Waals surface area (Å²) >= 11 is 1.88. The van der Waals surface area contributed by atoms with Crippen LogP contribution in [0.15, 0.2) is 136 Å². The van der Waals surface area contributed by atoms with Crippen LogP contribution in [0.25, 0.3) is 76.9 Å². The highest BCUT2D eigenvalue weighted by molar-refractivity contribution is 7.99. The van der Waals surface area contributed by atoms with Gasteiger partial charge in [0.2, 0.25) is 0 Å². The fourth-order valence-corrected chi connectivity index (χ4v) is 7.99. The molecule has 0 saturated carbocycles. The summed E-state index contributed by atoms with van der Waals surface area (Å²) in [5.41, 5.74) is 9.23. The monoisotopic (exact) mass is 528 g/mol. The van der Waals surface area contributed by atoms with Crippen molar-refractivity contribution in [2.45, 2.75) is 9.79 Å². The average molecular weight is 529 g/mol. The molecule has 0 amide bonds. The number of furan rings is 1. The lowest BCUT2D eigenvalue weighted by atomic mass is 10.1. The highest BCUT2D eigenvalue weighted by atomic mass is 32.2. The van der Waals surface area contributed by atoms with Crippen LogP contribution in [0.2, 0.25) is 0 Å². The van der Waals surface area contributed by atoms with Gasteiger partial charge in [-0.05, 0) is 54.6 Å². The molecule has 4 heterocycles. The largest absolute Gasteiger partial charge is 0.456 e. The first-order chi connectivity index (χ1) is 19.8. The Kier molecular flexibility index (Phi) is 3.87. The van der Waals surface area contributed by atoms with Crippen molar-refractivity contribution in [3.05, 3.63) is 121 Å². The van der Waals surface area contributed by atoms with Crippen LogP contribution in [-0.4, -0.2) is 9.13 Å². The van der Waals surface area contributed by atoms with Gasteiger partial charge in [0, 0.05) is 47.8 Å². The van der Waals surface area contributed by atoms with Gasteiger partial charge in [0.05, 0.1) is 27.8 Å². The number of hydrogen-bond acceptors (Lipinski definition) is 2. The van der Waals surface area contributed by atoms with E-state index in [-0.39, 0.29) is 0 Å². The normalized spacial score (nSPS) is 12.9. The van der Waals surface area contributed by atoms with E-state index in [9.17, 15) is 0 Å². The van der Waals surface area contributed by atoms with Gasteiger partial charge in [0.25, 0.3) is 0 Å². The van der Waals surface area contributed by atoms with Gasteiger partial charge >= 0.3 is 0 Å². The molecule has 0 spiro atoms. The van der Waals surface area contributed by atoms with Crippen molar-refractivity contribution < 1.29 is 4.42 Å². The molecule has 9 aromatic rings. The summed E-state index contributed by atoms with van der Waals surface area (Å²) in [6, 6.07) is 43.8. The Balaban J connectivity index is 1.41. The van der Waals surface area contributed by atoms with Crippen LogP contribution in [-0.2, 0) is 0 Å². The van der Waals surface area contributed by atoms with Crippen LogP contribution < -0.4 is 0 Å². The lowest BCUT2D eigenvalue weighted by Crippen LogP contribution is -2.01. The quantitative estimate of drug-likeness (QED) is 0.212. The van der Waals surface area contributed by atoms with Gasteiger partial charge in [0.1, 0.15) is 11.2 Å². The van der Waals surface area contributed by atoms with Gasteiger partial charge in [-0.3, -0.25) is 0 Å². The fourth-order valence-electron chi connectivity index (χ4n) is 6.88. The molecule has 3 aromatic heterocycles. The Morgan fingerprint density at radius 1 is 0.475 bits per heavy atom. The summed E-state index contributed by atoms with van der Waals surface area (Å²) in [5.74, 6) is 0. The van der Waals surface area contributed by atoms with Crippen molar-refractivity contribution >= 4 is 77.3 Å². The lowest BCUT2D eigenvalue weighted by molar-refractivity contribution is 0.669. The summed E-state index contributed by atoms with van der Waals surface area (Å²) in [4.78, 5) is 2.57. The molecular formula is C36H20N2OS. The summed E-state index contributed by atoms with van der Waals surface area (Å²) in [6.07, 6.45) is 0. The van der Waals surface area contributed by atoms with E-state index in [0.717, 1.165) is 27.6 Å². The molecule has 0 bridgehead atoms. The molecular weight excluding hydrogens is 508 g/mol. The van der Waals surface area contributed by atoms with E-state index in [1.165, 1.54) is 59.1 Å². The minimum Gasteiger partial charge on any atom is -0.456 e. The molecule has 0 N–H and O–H groups in total. The summed E-state index contributed by atoms with van der Waals surface area (Å²) in [7, 11) is 0. The number of aromatic nitrogens is 2. The third kappa shape index (κ3) is 2.52. The molecule has 0 atom stereocenters. The predicted molar refractivity (Wildman–Crippen MR) is 167 cm³/mol. The van der Waals surface area contributed by atoms with E-state index in [4.69, 9.17) is 4.42 Å². The molecule has 0 fully saturated rings. The SMILES string of the molecule is c1ccc2c(c1)Sc1cc3c(c4ccccc4n3-c3ccc4oc5ccccc5c4c3)c3c4ccccc4n-2c13. The maximum Gasteiger partial charge on any atom is 0.135 e. The molecule has 6 aromatic carbocycles. The second kappa shape index (κ2) is 7.38. The smallest absolute Gasteiger partial charge is 0.135 e. The Hall–Kier alpha value is -4.93. The molecule has 0 saturated heterocycles. The maximum atomic E-state index is 6.17. The summed E-state index contributed by atoms with van der Waals surface area (Å²) in [5, 5.41) is 7.49. The molecule has 3 nitrogen and oxygen atoms in total. The second-order valence-corrected chi connectivity index (χ2v) is 11.6. The number of fused-ring (bicyclic) bond motifs is 12. The summed E-state index contributed by atoms with van der Waals surface area (Å²) < 4.78 is 11.1. The van der Waals surface area contributed by atoms with E-state index in [0.29, 0.717) is 0 Å². The number of rotatable bonds is 1. The van der Waals surface area contributed by atoms with Crippen molar-refractivity contribution in [3.8, 4) is 11.4 Å². The lowest BCUT2D eigenvalue weighted by Gasteiger charge is -2.20. The van der Waals surface area contributed by atoms with Gasteiger partial charge in [-0.2, -0.15) is 0 Å². The second-order valence-electron chi connectivity index (χ2n) is 10.5. The highest BCUT2D eigenvalue weighted by Crippen LogP contribution is 2.51. The van der Waals surface area contributed by atoms with Crippen LogP contribution in [0, 0.1) is 0 Å². The van der Waals surface area contributed by atoms with E-state index in [1.807, 2.05) is 23.9 Å². The first kappa shape index (κ1) is 21.0. The minimum absolute atomic E-state index is 0.915. The zero-order valence-corrected chi connectivity index (χ0v) is 22.1. The van der Waals surface area contributed by atoms with Crippen molar-refractivity contribution in [2.24, 2.45) is 0 Å². The van der Waals surface area contributed by atoms with Crippen LogP contribution >= 0.6 is 11.8 Å². The van der Waals surface area contributed by atoms with Crippen molar-refractivity contribution in [1.82, 2.24) is 9.13 Å². The standard InChI is InChI=1S/C36H20N2OS/c1-4-12-26-23(10-1)34-29(37(26)21-17-18-31-25(19-21)22-9-3-7-15-30(22)39-31)20-33-36-35(34)24-11-2-5-13-27(24)38(36)28-14-6-8-16-32(28)40-33/h1-20H. The highest BCUT2D eigenvalue weighted by Gasteiger charge is 2.27. The number of benzene rings is 6. The van der Waals surface area contributed by atoms with Crippen molar-refractivity contribution in [3.63, 3.8) is 0 Å². The van der Waals surface area contributed by atoms with Gasteiger partial charge < -0.3 is 13.6 Å². The van der Waals surface area contributed by atoms with Crippen molar-refractivity contribution in [1.29, 1.82) is 0 Å². The van der Waals surface area contributed by atoms with Gasteiger partial charge in [0.15, 0.2) is 0 Å². The number of para-hydroxylation sites is 4. The van der Waals surface area contributed by atoms with E-state index in [1.54, 1.807) is 0 Å². The van der Waals surface area contributed by atoms with Crippen LogP contribution in [0.1, 0.15) is 0 Å². The average Bonchev–Trinajstić information content (AvgIpc) is 3.65. The first-order valence-electron chi connectivity index (χ1n) is 13.5. The van der Waals surface area contributed by atoms with Crippen LogP contribution in [0.5, 0.6) is 0 Å². The minimum atomic E-state index is 0.915. The maximum absolute atomic E-state index is 6.17. The number of nitrogens with zero attached hydrogens (tertiary/aromatic N) is 2. The van der Waals surface area contributed by atoms with Gasteiger partial charge in [-0.15, -0.1) is 0 Å². The van der Waals surface area contributed by atoms with Crippen LogP contribution in [0.3, 0.4) is 0 Å². The molecule has 0 aliphatic carbocycles. The van der Waals surface area contributed by atoms with E-state index < -0.39 is 0 Å². The molecule has 1 aliphatic rings. The van der Waals surface area contributed by atoms with E-state index in [2.05, 4.69) is 118 Å². The molecule has 1 aliphatic heterocycles. The zero-order chi connectivity index (χ0) is 25.9. The third-order valence-corrected chi connectivity index (χ3v) is 9.58. The molecule has 0 unspecified atom stereocenters. The molecule has 10 rings (SSSR count). The van der Waals surface area contributed by atoms with Gasteiger partial charge in [-0.1, -0.05) is 78.5 Å². The van der Waals surface area contributed by atoms with Crippen molar-refractivity contribution in [2.75, 3.05) is 0 Å². The summed E-state index contributed by atoms with van der Waals surface area (Å²) in [6.45, 7) is 0. The van der Waals surface area contributed by atoms with Gasteiger partial charge in [-0.25, -0.2) is 0 Å². The fraction of sp³-hybridized carbons (Fsp3) is 0. The zero-order valence-electron chi connectivity index (χ0n) is 21.3. The predicted octanol–water partition coefficient (Wildman–Crippen LogP) is 10.2. The number of hydrogen-bond donors (Lipinski definition) is 0.